The van der Waals surface area contributed by atoms with Gasteiger partial charge in [0.1, 0.15) is 5.69 Å². The summed E-state index contributed by atoms with van der Waals surface area (Å²) in [7, 11) is 1.86. The third kappa shape index (κ3) is 1.72. The highest BCUT2D eigenvalue weighted by atomic mass is 16.6. The predicted octanol–water partition coefficient (Wildman–Crippen LogP) is 1.01. The average molecular weight is 275 g/mol. The van der Waals surface area contributed by atoms with Gasteiger partial charge in [0.2, 0.25) is 5.91 Å². The van der Waals surface area contributed by atoms with E-state index in [0.29, 0.717) is 12.1 Å². The molecular formula is C14H17N3O3. The molecule has 0 bridgehead atoms. The molecule has 0 aromatic heterocycles. The van der Waals surface area contributed by atoms with Crippen molar-refractivity contribution < 1.29 is 9.59 Å². The molecule has 2 unspecified atom stereocenters. The zero-order valence-electron chi connectivity index (χ0n) is 11.5. The number of carbonyl (C=O) groups is 2. The largest absolute Gasteiger partial charge is 0.625 e. The van der Waals surface area contributed by atoms with E-state index >= 15 is 0 Å². The number of carbonyl (C=O) groups excluding carboxylic acids is 2. The lowest BCUT2D eigenvalue weighted by atomic mass is 10.0. The van der Waals surface area contributed by atoms with Crippen LogP contribution < -0.4 is 14.9 Å². The maximum Gasteiger partial charge on any atom is 0.285 e. The molecule has 3 rings (SSSR count). The predicted molar refractivity (Wildman–Crippen MR) is 75.8 cm³/mol. The van der Waals surface area contributed by atoms with Crippen LogP contribution in [0.2, 0.25) is 0 Å². The molecule has 0 radical (unpaired) electrons. The van der Waals surface area contributed by atoms with E-state index in [4.69, 9.17) is 0 Å². The fraction of sp³-hybridized carbons (Fsp3) is 0.429. The standard InChI is InChI=1S/C14H17N3O3/c1-9-4-3-5-10-13(9)16(2)8-17(10,20)11-6-7-12(18)15-14(11)19/h3-5,11H,6-8H2,1-2H3,(H,15,18,19). The van der Waals surface area contributed by atoms with Crippen LogP contribution in [-0.2, 0) is 9.59 Å². The second kappa shape index (κ2) is 4.29. The fourth-order valence-electron chi connectivity index (χ4n) is 3.25. The van der Waals surface area contributed by atoms with E-state index in [1.807, 2.05) is 31.0 Å². The highest BCUT2D eigenvalue weighted by Gasteiger charge is 2.46. The zero-order valence-corrected chi connectivity index (χ0v) is 11.5. The number of piperidine rings is 1. The quantitative estimate of drug-likeness (QED) is 0.472. The van der Waals surface area contributed by atoms with Gasteiger partial charge in [-0.05, 0) is 12.5 Å². The molecule has 1 fully saturated rings. The summed E-state index contributed by atoms with van der Waals surface area (Å²) >= 11 is 0. The van der Waals surface area contributed by atoms with Crippen LogP contribution in [0.15, 0.2) is 18.2 Å². The van der Waals surface area contributed by atoms with Crippen LogP contribution in [0.5, 0.6) is 0 Å². The van der Waals surface area contributed by atoms with Crippen molar-refractivity contribution in [2.45, 2.75) is 25.8 Å². The molecule has 2 aliphatic heterocycles. The van der Waals surface area contributed by atoms with Crippen LogP contribution in [0.4, 0.5) is 11.4 Å². The zero-order chi connectivity index (χ0) is 14.5. The summed E-state index contributed by atoms with van der Waals surface area (Å²) in [5, 5.41) is 15.6. The minimum Gasteiger partial charge on any atom is -0.625 e. The normalized spacial score (nSPS) is 29.4. The Bertz CT molecular complexity index is 601. The summed E-state index contributed by atoms with van der Waals surface area (Å²) in [5.41, 5.74) is 2.53. The van der Waals surface area contributed by atoms with Gasteiger partial charge < -0.3 is 10.1 Å². The first-order valence-electron chi connectivity index (χ1n) is 6.67. The molecule has 1 saturated heterocycles. The van der Waals surface area contributed by atoms with Gasteiger partial charge in [0.25, 0.3) is 5.91 Å². The molecule has 2 heterocycles. The Hall–Kier alpha value is -1.92. The Morgan fingerprint density at radius 1 is 1.40 bits per heavy atom. The molecule has 0 aliphatic carbocycles. The maximum atomic E-state index is 13.3. The number of hydrogen-bond acceptors (Lipinski definition) is 4. The summed E-state index contributed by atoms with van der Waals surface area (Å²) in [6, 6.07) is 4.82. The number of anilines is 1. The molecule has 6 nitrogen and oxygen atoms in total. The van der Waals surface area contributed by atoms with Gasteiger partial charge in [-0.15, -0.1) is 0 Å². The Morgan fingerprint density at radius 3 is 2.85 bits per heavy atom. The number of fused-ring (bicyclic) bond motifs is 1. The number of hydroxylamine groups is 2. The van der Waals surface area contributed by atoms with E-state index in [1.165, 1.54) is 0 Å². The Labute approximate surface area is 117 Å². The van der Waals surface area contributed by atoms with Crippen molar-refractivity contribution in [3.05, 3.63) is 29.0 Å². The van der Waals surface area contributed by atoms with Gasteiger partial charge in [0.05, 0.1) is 0 Å². The SMILES string of the molecule is Cc1cccc2c1N(C)C[N+]2([O-])C1CCC(=O)NC1=O. The van der Waals surface area contributed by atoms with Crippen molar-refractivity contribution in [1.29, 1.82) is 0 Å². The van der Waals surface area contributed by atoms with Gasteiger partial charge in [0.15, 0.2) is 18.4 Å². The number of aryl methyl sites for hydroxylation is 1. The first kappa shape index (κ1) is 13.1. The van der Waals surface area contributed by atoms with Crippen molar-refractivity contribution in [1.82, 2.24) is 9.96 Å². The van der Waals surface area contributed by atoms with Crippen molar-refractivity contribution in [2.75, 3.05) is 18.6 Å². The third-order valence-electron chi connectivity index (χ3n) is 4.14. The first-order chi connectivity index (χ1) is 9.43. The van der Waals surface area contributed by atoms with E-state index in [2.05, 4.69) is 5.32 Å². The lowest BCUT2D eigenvalue weighted by Crippen LogP contribution is -2.62. The molecule has 2 aliphatic rings. The van der Waals surface area contributed by atoms with Crippen LogP contribution in [0.3, 0.4) is 0 Å². The number of nitrogens with zero attached hydrogens (tertiary/aromatic N) is 2. The van der Waals surface area contributed by atoms with E-state index in [1.54, 1.807) is 6.07 Å². The Kier molecular flexibility index (Phi) is 2.81. The van der Waals surface area contributed by atoms with Gasteiger partial charge in [0, 0.05) is 26.0 Å². The Morgan fingerprint density at radius 2 is 2.15 bits per heavy atom. The van der Waals surface area contributed by atoms with Gasteiger partial charge in [-0.25, -0.2) is 0 Å². The number of imide groups is 1. The minimum absolute atomic E-state index is 0.201. The molecule has 0 spiro atoms. The lowest BCUT2D eigenvalue weighted by Gasteiger charge is -2.44. The van der Waals surface area contributed by atoms with E-state index in [9.17, 15) is 14.8 Å². The van der Waals surface area contributed by atoms with Crippen LogP contribution in [0.25, 0.3) is 0 Å². The van der Waals surface area contributed by atoms with Crippen LogP contribution >= 0.6 is 0 Å². The van der Waals surface area contributed by atoms with Crippen LogP contribution in [0, 0.1) is 12.1 Å². The molecule has 6 heteroatoms. The van der Waals surface area contributed by atoms with E-state index in [-0.39, 0.29) is 19.0 Å². The molecule has 1 N–H and O–H groups in total. The van der Waals surface area contributed by atoms with Crippen LogP contribution in [-0.4, -0.2) is 31.6 Å². The maximum absolute atomic E-state index is 13.3. The number of benzene rings is 1. The molecule has 2 amide bonds. The van der Waals surface area contributed by atoms with Gasteiger partial charge in [-0.3, -0.25) is 19.6 Å². The van der Waals surface area contributed by atoms with Gasteiger partial charge in [-0.2, -0.15) is 0 Å². The fourth-order valence-corrected chi connectivity index (χ4v) is 3.25. The number of para-hydroxylation sites is 1. The average Bonchev–Trinajstić information content (AvgIpc) is 2.63. The highest BCUT2D eigenvalue weighted by Crippen LogP contribution is 2.44. The van der Waals surface area contributed by atoms with Gasteiger partial charge in [-0.1, -0.05) is 12.1 Å². The second-order valence-electron chi connectivity index (χ2n) is 5.54. The number of amides is 2. The van der Waals surface area contributed by atoms with Crippen LogP contribution in [0.1, 0.15) is 18.4 Å². The molecule has 1 aromatic carbocycles. The number of hydrogen-bond donors (Lipinski definition) is 1. The first-order valence-corrected chi connectivity index (χ1v) is 6.67. The smallest absolute Gasteiger partial charge is 0.285 e. The van der Waals surface area contributed by atoms with E-state index in [0.717, 1.165) is 11.3 Å². The second-order valence-corrected chi connectivity index (χ2v) is 5.54. The summed E-state index contributed by atoms with van der Waals surface area (Å²) in [5.74, 6) is -0.756. The molecule has 106 valence electrons. The van der Waals surface area contributed by atoms with E-state index < -0.39 is 16.6 Å². The molecular weight excluding hydrogens is 258 g/mol. The molecule has 2 atom stereocenters. The van der Waals surface area contributed by atoms with Crippen molar-refractivity contribution >= 4 is 23.2 Å². The topological polar surface area (TPSA) is 72.5 Å². The third-order valence-corrected chi connectivity index (χ3v) is 4.14. The molecule has 20 heavy (non-hydrogen) atoms. The van der Waals surface area contributed by atoms with Crippen molar-refractivity contribution in [3.63, 3.8) is 0 Å². The molecule has 1 aromatic rings. The summed E-state index contributed by atoms with van der Waals surface area (Å²) in [4.78, 5) is 25.2. The number of nitrogens with one attached hydrogen (secondary N) is 1. The summed E-state index contributed by atoms with van der Waals surface area (Å²) < 4.78 is -0.702. The van der Waals surface area contributed by atoms with Crippen molar-refractivity contribution in [2.24, 2.45) is 0 Å². The van der Waals surface area contributed by atoms with Crippen molar-refractivity contribution in [3.8, 4) is 0 Å². The Balaban J connectivity index is 2.05. The molecule has 0 saturated carbocycles. The number of quaternary nitrogens is 1. The van der Waals surface area contributed by atoms with Gasteiger partial charge >= 0.3 is 0 Å². The summed E-state index contributed by atoms with van der Waals surface area (Å²) in [6.07, 6.45) is 0.527. The highest BCUT2D eigenvalue weighted by molar-refractivity contribution is 6.01. The summed E-state index contributed by atoms with van der Waals surface area (Å²) in [6.45, 7) is 2.15. The minimum atomic E-state index is -0.752. The number of rotatable bonds is 1. The lowest BCUT2D eigenvalue weighted by molar-refractivity contribution is -0.136. The monoisotopic (exact) mass is 275 g/mol.